The Morgan fingerprint density at radius 2 is 0.783 bits per heavy atom. The van der Waals surface area contributed by atoms with Gasteiger partial charge in [-0.2, -0.15) is 0 Å². The van der Waals surface area contributed by atoms with Gasteiger partial charge < -0.3 is 37.1 Å². The van der Waals surface area contributed by atoms with Crippen molar-refractivity contribution in [1.29, 1.82) is 0 Å². The molecule has 0 heterocycles. The summed E-state index contributed by atoms with van der Waals surface area (Å²) in [6.45, 7) is 3.97. The van der Waals surface area contributed by atoms with Crippen molar-refractivity contribution in [3.63, 3.8) is 0 Å². The van der Waals surface area contributed by atoms with Gasteiger partial charge in [0.2, 0.25) is 0 Å². The predicted octanol–water partition coefficient (Wildman–Crippen LogP) is -0.998. The molecule has 0 aliphatic carbocycles. The lowest BCUT2D eigenvalue weighted by Gasteiger charge is -2.22. The SMILES string of the molecule is CC(=O)ON(CCN(OC(C)=O)OC(C)=O)OC(C)=O.N.N.O. The zero-order valence-electron chi connectivity index (χ0n) is 13.5. The molecule has 0 aromatic rings. The summed E-state index contributed by atoms with van der Waals surface area (Å²) in [5.41, 5.74) is 0. The van der Waals surface area contributed by atoms with Crippen LogP contribution in [-0.2, 0) is 38.5 Å². The van der Waals surface area contributed by atoms with E-state index in [1.165, 1.54) is 0 Å². The minimum absolute atomic E-state index is 0. The van der Waals surface area contributed by atoms with Crippen molar-refractivity contribution in [2.45, 2.75) is 27.7 Å². The van der Waals surface area contributed by atoms with Crippen LogP contribution in [0.1, 0.15) is 27.7 Å². The monoisotopic (exact) mass is 344 g/mol. The van der Waals surface area contributed by atoms with E-state index < -0.39 is 23.9 Å². The Morgan fingerprint density at radius 3 is 0.913 bits per heavy atom. The van der Waals surface area contributed by atoms with Crippen LogP contribution in [0, 0.1) is 0 Å². The zero-order chi connectivity index (χ0) is 15.7. The van der Waals surface area contributed by atoms with E-state index >= 15 is 0 Å². The molecule has 0 saturated carbocycles. The smallest absolute Gasteiger partial charge is 0.326 e. The summed E-state index contributed by atoms with van der Waals surface area (Å²) in [6, 6.07) is 0. The first-order valence-corrected chi connectivity index (χ1v) is 5.50. The first kappa shape index (κ1) is 28.8. The molecule has 138 valence electrons. The molecule has 0 atom stereocenters. The van der Waals surface area contributed by atoms with Crippen LogP contribution in [0.5, 0.6) is 0 Å². The third kappa shape index (κ3) is 17.6. The molecular formula is C10H24N4O9. The highest BCUT2D eigenvalue weighted by Crippen LogP contribution is 1.99. The summed E-state index contributed by atoms with van der Waals surface area (Å²) in [4.78, 5) is 61.4. The third-order valence-corrected chi connectivity index (χ3v) is 1.39. The van der Waals surface area contributed by atoms with Gasteiger partial charge in [0.15, 0.2) is 0 Å². The maximum Gasteiger partial charge on any atom is 0.326 e. The van der Waals surface area contributed by atoms with Gasteiger partial charge in [0.1, 0.15) is 0 Å². The van der Waals surface area contributed by atoms with Gasteiger partial charge in [0.05, 0.1) is 13.1 Å². The molecule has 0 fully saturated rings. The first-order valence-electron chi connectivity index (χ1n) is 5.50. The summed E-state index contributed by atoms with van der Waals surface area (Å²) < 4.78 is 0. The summed E-state index contributed by atoms with van der Waals surface area (Å²) in [6.07, 6.45) is 0. The predicted molar refractivity (Wildman–Crippen MR) is 74.1 cm³/mol. The minimum atomic E-state index is -0.724. The fraction of sp³-hybridized carbons (Fsp3) is 0.600. The first-order chi connectivity index (χ1) is 9.20. The van der Waals surface area contributed by atoms with Crippen molar-refractivity contribution in [3.05, 3.63) is 0 Å². The van der Waals surface area contributed by atoms with Crippen molar-refractivity contribution in [1.82, 2.24) is 22.8 Å². The highest BCUT2D eigenvalue weighted by Gasteiger charge is 2.18. The fourth-order valence-corrected chi connectivity index (χ4v) is 0.957. The summed E-state index contributed by atoms with van der Waals surface area (Å²) >= 11 is 0. The number of carbonyl (C=O) groups excluding carboxylic acids is 4. The van der Waals surface area contributed by atoms with Gasteiger partial charge in [-0.05, 0) is 0 Å². The van der Waals surface area contributed by atoms with Crippen LogP contribution in [0.4, 0.5) is 0 Å². The number of hydrogen-bond donors (Lipinski definition) is 2. The van der Waals surface area contributed by atoms with Gasteiger partial charge in [-0.25, -0.2) is 0 Å². The molecule has 0 spiro atoms. The van der Waals surface area contributed by atoms with Gasteiger partial charge in [-0.1, -0.05) is 0 Å². The standard InChI is InChI=1S/C10H16N2O8.2H3N.H2O/c1-7(13)17-11(18-8(2)14)5-6-12(19-9(3)15)20-10(4)16;;;/h5-6H2,1-4H3;2*1H3;1H2. The minimum Gasteiger partial charge on any atom is -0.412 e. The average Bonchev–Trinajstić information content (AvgIpc) is 2.22. The van der Waals surface area contributed by atoms with Crippen LogP contribution < -0.4 is 12.3 Å². The molecule has 13 heteroatoms. The van der Waals surface area contributed by atoms with Gasteiger partial charge >= 0.3 is 23.9 Å². The molecule has 13 nitrogen and oxygen atoms in total. The lowest BCUT2D eigenvalue weighted by molar-refractivity contribution is -0.354. The van der Waals surface area contributed by atoms with Crippen molar-refractivity contribution in [2.75, 3.05) is 13.1 Å². The molecule has 0 aromatic heterocycles. The maximum absolute atomic E-state index is 10.8. The number of hydroxylamine groups is 4. The largest absolute Gasteiger partial charge is 0.412 e. The molecule has 0 aliphatic heterocycles. The highest BCUT2D eigenvalue weighted by atomic mass is 17.0. The Balaban J connectivity index is -0.000000602. The molecule has 0 radical (unpaired) electrons. The van der Waals surface area contributed by atoms with Crippen molar-refractivity contribution < 1.29 is 44.0 Å². The van der Waals surface area contributed by atoms with Crippen LogP contribution in [0.2, 0.25) is 0 Å². The Morgan fingerprint density at radius 1 is 0.609 bits per heavy atom. The quantitative estimate of drug-likeness (QED) is 0.532. The second-order valence-corrected chi connectivity index (χ2v) is 3.44. The second-order valence-electron chi connectivity index (χ2n) is 3.44. The molecular weight excluding hydrogens is 320 g/mol. The number of carbonyl (C=O) groups is 4. The van der Waals surface area contributed by atoms with E-state index in [2.05, 4.69) is 19.4 Å². The number of rotatable bonds is 7. The summed E-state index contributed by atoms with van der Waals surface area (Å²) in [7, 11) is 0. The molecule has 0 bridgehead atoms. The lowest BCUT2D eigenvalue weighted by Crippen LogP contribution is -2.38. The number of nitrogens with zero attached hydrogens (tertiary/aromatic N) is 2. The van der Waals surface area contributed by atoms with E-state index in [4.69, 9.17) is 0 Å². The fourth-order valence-electron chi connectivity index (χ4n) is 0.957. The summed E-state index contributed by atoms with van der Waals surface area (Å²) in [5, 5.41) is 1.15. The van der Waals surface area contributed by atoms with Crippen LogP contribution in [-0.4, -0.2) is 52.9 Å². The van der Waals surface area contributed by atoms with Crippen molar-refractivity contribution in [2.24, 2.45) is 0 Å². The Hall–Kier alpha value is -2.32. The van der Waals surface area contributed by atoms with Crippen LogP contribution in [0.25, 0.3) is 0 Å². The van der Waals surface area contributed by atoms with Crippen LogP contribution in [0.15, 0.2) is 0 Å². The Kier molecular flexibility index (Phi) is 18.3. The molecule has 0 unspecified atom stereocenters. The van der Waals surface area contributed by atoms with Crippen molar-refractivity contribution >= 4 is 23.9 Å². The second kappa shape index (κ2) is 14.6. The highest BCUT2D eigenvalue weighted by molar-refractivity contribution is 5.67. The molecule has 0 saturated heterocycles. The van der Waals surface area contributed by atoms with Crippen LogP contribution >= 0.6 is 0 Å². The van der Waals surface area contributed by atoms with E-state index in [1.54, 1.807) is 0 Å². The summed E-state index contributed by atoms with van der Waals surface area (Å²) in [5.74, 6) is -2.90. The zero-order valence-corrected chi connectivity index (χ0v) is 13.5. The maximum atomic E-state index is 10.8. The van der Waals surface area contributed by atoms with E-state index in [0.717, 1.165) is 27.7 Å². The molecule has 23 heavy (non-hydrogen) atoms. The molecule has 0 amide bonds. The molecule has 0 aromatic carbocycles. The van der Waals surface area contributed by atoms with E-state index in [-0.39, 0.29) is 30.9 Å². The average molecular weight is 344 g/mol. The topological polar surface area (TPSA) is 213 Å². The van der Waals surface area contributed by atoms with Gasteiger partial charge in [-0.15, -0.1) is 0 Å². The van der Waals surface area contributed by atoms with Crippen LogP contribution in [0.3, 0.4) is 0 Å². The lowest BCUT2D eigenvalue weighted by atomic mass is 10.7. The van der Waals surface area contributed by atoms with E-state index in [1.807, 2.05) is 0 Å². The van der Waals surface area contributed by atoms with Gasteiger partial charge in [-0.3, -0.25) is 19.2 Å². The van der Waals surface area contributed by atoms with Crippen molar-refractivity contribution in [3.8, 4) is 0 Å². The van der Waals surface area contributed by atoms with Gasteiger partial charge in [0.25, 0.3) is 0 Å². The van der Waals surface area contributed by atoms with E-state index in [0.29, 0.717) is 10.5 Å². The normalized spacial score (nSPS) is 8.78. The third-order valence-electron chi connectivity index (χ3n) is 1.39. The van der Waals surface area contributed by atoms with E-state index in [9.17, 15) is 19.2 Å². The molecule has 0 rings (SSSR count). The van der Waals surface area contributed by atoms with Gasteiger partial charge in [0, 0.05) is 38.1 Å². The number of hydrogen-bond acceptors (Lipinski definition) is 12. The molecule has 0 aliphatic rings. The molecule has 8 N–H and O–H groups in total. The Bertz CT molecular complexity index is 323. The Labute approximate surface area is 132 Å².